The summed E-state index contributed by atoms with van der Waals surface area (Å²) >= 11 is 7.23. The molecular weight excluding hydrogens is 274 g/mol. The van der Waals surface area contributed by atoms with E-state index in [2.05, 4.69) is 34.7 Å². The van der Waals surface area contributed by atoms with Gasteiger partial charge < -0.3 is 0 Å². The molecule has 0 fully saturated rings. The van der Waals surface area contributed by atoms with Crippen LogP contribution in [0.1, 0.15) is 49.6 Å². The van der Waals surface area contributed by atoms with Gasteiger partial charge in [-0.3, -0.25) is 9.67 Å². The minimum absolute atomic E-state index is 0.336. The first-order valence-corrected chi connectivity index (χ1v) is 8.18. The standard InChI is InChI=1S/C14H19N3S2/c1-9(2)17-13(15-16-14(17)18)12-8-10-6-4-3-5-7-11(10)19-12/h8-9H,3-7H2,1-2H3,(H,16,18). The molecular formula is C14H19N3S2. The van der Waals surface area contributed by atoms with Gasteiger partial charge in [-0.25, -0.2) is 0 Å². The number of aromatic amines is 1. The van der Waals surface area contributed by atoms with Crippen LogP contribution in [-0.4, -0.2) is 14.8 Å². The van der Waals surface area contributed by atoms with Gasteiger partial charge in [0.2, 0.25) is 0 Å². The van der Waals surface area contributed by atoms with Crippen LogP contribution < -0.4 is 0 Å². The average molecular weight is 293 g/mol. The maximum Gasteiger partial charge on any atom is 0.195 e. The fourth-order valence-electron chi connectivity index (χ4n) is 2.74. The van der Waals surface area contributed by atoms with Gasteiger partial charge in [0.15, 0.2) is 10.6 Å². The minimum atomic E-state index is 0.336. The second-order valence-corrected chi connectivity index (χ2v) is 6.96. The molecule has 1 aliphatic carbocycles. The van der Waals surface area contributed by atoms with Crippen LogP contribution in [0.3, 0.4) is 0 Å². The molecule has 0 aliphatic heterocycles. The molecule has 0 amide bonds. The largest absolute Gasteiger partial charge is 0.297 e. The van der Waals surface area contributed by atoms with Crippen LogP contribution in [-0.2, 0) is 12.8 Å². The van der Waals surface area contributed by atoms with Crippen molar-refractivity contribution in [2.75, 3.05) is 0 Å². The van der Waals surface area contributed by atoms with Crippen molar-refractivity contribution in [3.63, 3.8) is 0 Å². The number of aromatic nitrogens is 3. The normalized spacial score (nSPS) is 15.5. The van der Waals surface area contributed by atoms with Crippen LogP contribution in [0.15, 0.2) is 6.07 Å². The van der Waals surface area contributed by atoms with Gasteiger partial charge in [0, 0.05) is 10.9 Å². The van der Waals surface area contributed by atoms with Crippen LogP contribution in [0.2, 0.25) is 0 Å². The molecule has 1 aliphatic rings. The number of hydrogen-bond donors (Lipinski definition) is 1. The third-order valence-electron chi connectivity index (χ3n) is 3.69. The molecule has 0 spiro atoms. The van der Waals surface area contributed by atoms with Crippen LogP contribution in [0, 0.1) is 4.77 Å². The average Bonchev–Trinajstić information content (AvgIpc) is 2.87. The predicted molar refractivity (Wildman–Crippen MR) is 82.4 cm³/mol. The van der Waals surface area contributed by atoms with Crippen LogP contribution in [0.5, 0.6) is 0 Å². The van der Waals surface area contributed by atoms with Crippen molar-refractivity contribution in [3.05, 3.63) is 21.3 Å². The van der Waals surface area contributed by atoms with E-state index in [1.807, 2.05) is 11.3 Å². The van der Waals surface area contributed by atoms with E-state index in [9.17, 15) is 0 Å². The lowest BCUT2D eigenvalue weighted by Gasteiger charge is -2.08. The molecule has 2 aromatic rings. The highest BCUT2D eigenvalue weighted by atomic mass is 32.1. The number of hydrogen-bond acceptors (Lipinski definition) is 3. The van der Waals surface area contributed by atoms with Crippen molar-refractivity contribution < 1.29 is 0 Å². The third-order valence-corrected chi connectivity index (χ3v) is 5.21. The molecule has 0 radical (unpaired) electrons. The molecule has 0 aromatic carbocycles. The minimum Gasteiger partial charge on any atom is -0.297 e. The van der Waals surface area contributed by atoms with Gasteiger partial charge >= 0.3 is 0 Å². The second kappa shape index (κ2) is 5.21. The summed E-state index contributed by atoms with van der Waals surface area (Å²) in [5, 5.41) is 7.36. The van der Waals surface area contributed by atoms with Gasteiger partial charge in [-0.1, -0.05) is 6.42 Å². The van der Waals surface area contributed by atoms with Gasteiger partial charge in [-0.2, -0.15) is 5.10 Å². The molecule has 0 unspecified atom stereocenters. The summed E-state index contributed by atoms with van der Waals surface area (Å²) in [5.74, 6) is 0.998. The molecule has 0 saturated heterocycles. The summed E-state index contributed by atoms with van der Waals surface area (Å²) in [7, 11) is 0. The number of H-pyrrole nitrogens is 1. The van der Waals surface area contributed by atoms with E-state index < -0.39 is 0 Å². The Hall–Kier alpha value is -0.940. The fourth-order valence-corrected chi connectivity index (χ4v) is 4.32. The Morgan fingerprint density at radius 2 is 2.11 bits per heavy atom. The van der Waals surface area contributed by atoms with Crippen LogP contribution >= 0.6 is 23.6 Å². The number of rotatable bonds is 2. The van der Waals surface area contributed by atoms with E-state index in [4.69, 9.17) is 12.2 Å². The molecule has 2 heterocycles. The number of nitrogens with one attached hydrogen (secondary N) is 1. The fraction of sp³-hybridized carbons (Fsp3) is 0.571. The van der Waals surface area contributed by atoms with Crippen molar-refractivity contribution >= 4 is 23.6 Å². The smallest absolute Gasteiger partial charge is 0.195 e. The first-order chi connectivity index (χ1) is 9.16. The Balaban J connectivity index is 2.06. The Bertz CT molecular complexity index is 610. The van der Waals surface area contributed by atoms with Crippen molar-refractivity contribution in [1.82, 2.24) is 14.8 Å². The second-order valence-electron chi connectivity index (χ2n) is 5.44. The molecule has 1 N–H and O–H groups in total. The van der Waals surface area contributed by atoms with Crippen LogP contribution in [0.4, 0.5) is 0 Å². The lowest BCUT2D eigenvalue weighted by molar-refractivity contribution is 0.597. The van der Waals surface area contributed by atoms with Crippen molar-refractivity contribution in [3.8, 4) is 10.7 Å². The van der Waals surface area contributed by atoms with E-state index in [0.717, 1.165) is 5.82 Å². The predicted octanol–water partition coefficient (Wildman–Crippen LogP) is 4.52. The van der Waals surface area contributed by atoms with E-state index >= 15 is 0 Å². The molecule has 0 saturated carbocycles. The zero-order chi connectivity index (χ0) is 13.4. The maximum atomic E-state index is 5.33. The lowest BCUT2D eigenvalue weighted by Crippen LogP contribution is -2.02. The Labute approximate surface area is 122 Å². The van der Waals surface area contributed by atoms with E-state index in [1.54, 1.807) is 4.88 Å². The first-order valence-electron chi connectivity index (χ1n) is 6.95. The molecule has 5 heteroatoms. The molecule has 0 atom stereocenters. The number of thiophene rings is 1. The zero-order valence-corrected chi connectivity index (χ0v) is 13.0. The Morgan fingerprint density at radius 1 is 1.32 bits per heavy atom. The van der Waals surface area contributed by atoms with E-state index in [-0.39, 0.29) is 0 Å². The van der Waals surface area contributed by atoms with Crippen molar-refractivity contribution in [1.29, 1.82) is 0 Å². The molecule has 3 rings (SSSR count). The number of aryl methyl sites for hydroxylation is 2. The number of fused-ring (bicyclic) bond motifs is 1. The van der Waals surface area contributed by atoms with E-state index in [0.29, 0.717) is 10.8 Å². The van der Waals surface area contributed by atoms with Crippen molar-refractivity contribution in [2.45, 2.75) is 52.0 Å². The highest BCUT2D eigenvalue weighted by molar-refractivity contribution is 7.71. The number of nitrogens with zero attached hydrogens (tertiary/aromatic N) is 2. The topological polar surface area (TPSA) is 33.6 Å². The molecule has 2 aromatic heterocycles. The highest BCUT2D eigenvalue weighted by Crippen LogP contribution is 2.35. The van der Waals surface area contributed by atoms with Crippen LogP contribution in [0.25, 0.3) is 10.7 Å². The lowest BCUT2D eigenvalue weighted by atomic mass is 10.1. The maximum absolute atomic E-state index is 5.33. The van der Waals surface area contributed by atoms with Gasteiger partial charge in [-0.05, 0) is 63.4 Å². The SMILES string of the molecule is CC(C)n1c(-c2cc3c(s2)CCCCC3)n[nH]c1=S. The van der Waals surface area contributed by atoms with E-state index in [1.165, 1.54) is 42.5 Å². The highest BCUT2D eigenvalue weighted by Gasteiger charge is 2.18. The Kier molecular flexibility index (Phi) is 3.58. The summed E-state index contributed by atoms with van der Waals surface area (Å²) in [6.45, 7) is 4.29. The van der Waals surface area contributed by atoms with Gasteiger partial charge in [0.05, 0.1) is 4.88 Å². The summed E-state index contributed by atoms with van der Waals surface area (Å²) in [4.78, 5) is 2.81. The van der Waals surface area contributed by atoms with Gasteiger partial charge in [0.25, 0.3) is 0 Å². The Morgan fingerprint density at radius 3 is 2.89 bits per heavy atom. The molecule has 0 bridgehead atoms. The third kappa shape index (κ3) is 2.41. The summed E-state index contributed by atoms with van der Waals surface area (Å²) in [6, 6.07) is 2.66. The van der Waals surface area contributed by atoms with Gasteiger partial charge in [0.1, 0.15) is 0 Å². The summed E-state index contributed by atoms with van der Waals surface area (Å²) in [5.41, 5.74) is 1.53. The molecule has 19 heavy (non-hydrogen) atoms. The van der Waals surface area contributed by atoms with Gasteiger partial charge in [-0.15, -0.1) is 11.3 Å². The van der Waals surface area contributed by atoms with Crippen molar-refractivity contribution in [2.24, 2.45) is 0 Å². The molecule has 102 valence electrons. The monoisotopic (exact) mass is 293 g/mol. The summed E-state index contributed by atoms with van der Waals surface area (Å²) < 4.78 is 2.83. The first kappa shape index (κ1) is 13.1. The molecule has 3 nitrogen and oxygen atoms in total. The zero-order valence-electron chi connectivity index (χ0n) is 11.4. The summed E-state index contributed by atoms with van der Waals surface area (Å²) in [6.07, 6.45) is 6.46. The quantitative estimate of drug-likeness (QED) is 0.652.